The molecule has 0 saturated carbocycles. The lowest BCUT2D eigenvalue weighted by atomic mass is 10.1. The van der Waals surface area contributed by atoms with E-state index in [2.05, 4.69) is 5.32 Å². The number of carbonyl (C=O) groups is 2. The summed E-state index contributed by atoms with van der Waals surface area (Å²) in [4.78, 5) is 36.3. The van der Waals surface area contributed by atoms with Gasteiger partial charge in [0.05, 0.1) is 5.39 Å². The number of nitrogens with one attached hydrogen (secondary N) is 1. The molecule has 0 saturated heterocycles. The number of esters is 1. The molecule has 138 valence electrons. The van der Waals surface area contributed by atoms with Gasteiger partial charge in [-0.05, 0) is 49.7 Å². The van der Waals surface area contributed by atoms with Crippen molar-refractivity contribution in [2.24, 2.45) is 0 Å². The monoisotopic (exact) mass is 385 g/mol. The third kappa shape index (κ3) is 4.35. The van der Waals surface area contributed by atoms with E-state index < -0.39 is 18.5 Å². The summed E-state index contributed by atoms with van der Waals surface area (Å²) in [5.74, 6) is -1.67. The lowest BCUT2D eigenvalue weighted by Gasteiger charge is -2.09. The number of anilines is 1. The molecule has 0 aliphatic rings. The lowest BCUT2D eigenvalue weighted by molar-refractivity contribution is -0.119. The van der Waals surface area contributed by atoms with Crippen LogP contribution in [-0.4, -0.2) is 18.5 Å². The van der Waals surface area contributed by atoms with Crippen molar-refractivity contribution in [1.82, 2.24) is 0 Å². The molecule has 0 unspecified atom stereocenters. The van der Waals surface area contributed by atoms with E-state index in [9.17, 15) is 14.4 Å². The summed E-state index contributed by atoms with van der Waals surface area (Å²) in [7, 11) is 0. The summed E-state index contributed by atoms with van der Waals surface area (Å²) in [5.41, 5.74) is 2.17. The van der Waals surface area contributed by atoms with Gasteiger partial charge in [0.1, 0.15) is 5.58 Å². The van der Waals surface area contributed by atoms with Crippen molar-refractivity contribution in [3.05, 3.63) is 74.6 Å². The van der Waals surface area contributed by atoms with E-state index in [1.807, 2.05) is 6.92 Å². The fraction of sp³-hybridized carbons (Fsp3) is 0.150. The standard InChI is InChI=1S/C20H16ClNO5/c1-11-3-6-17-14(7-11)16(23)9-18(27-17)20(25)26-10-19(24)22-15-5-4-13(21)8-12(15)2/h3-9H,10H2,1-2H3,(H,22,24). The molecule has 7 heteroatoms. The Hall–Kier alpha value is -3.12. The van der Waals surface area contributed by atoms with Crippen LogP contribution in [0.2, 0.25) is 5.02 Å². The van der Waals surface area contributed by atoms with Crippen LogP contribution in [-0.2, 0) is 9.53 Å². The van der Waals surface area contributed by atoms with Gasteiger partial charge in [0.15, 0.2) is 12.0 Å². The minimum atomic E-state index is -0.891. The van der Waals surface area contributed by atoms with Crippen molar-refractivity contribution in [2.75, 3.05) is 11.9 Å². The lowest BCUT2D eigenvalue weighted by Crippen LogP contribution is -2.21. The van der Waals surface area contributed by atoms with E-state index in [0.29, 0.717) is 16.1 Å². The van der Waals surface area contributed by atoms with Crippen molar-refractivity contribution in [3.8, 4) is 0 Å². The van der Waals surface area contributed by atoms with Crippen LogP contribution >= 0.6 is 11.6 Å². The van der Waals surface area contributed by atoms with Gasteiger partial charge >= 0.3 is 5.97 Å². The Morgan fingerprint density at radius 2 is 1.89 bits per heavy atom. The van der Waals surface area contributed by atoms with Crippen LogP contribution in [0.3, 0.4) is 0 Å². The number of aryl methyl sites for hydroxylation is 2. The highest BCUT2D eigenvalue weighted by Crippen LogP contribution is 2.19. The Labute approximate surface area is 159 Å². The smallest absolute Gasteiger partial charge is 0.374 e. The van der Waals surface area contributed by atoms with Crippen molar-refractivity contribution < 1.29 is 18.7 Å². The van der Waals surface area contributed by atoms with E-state index in [4.69, 9.17) is 20.8 Å². The minimum Gasteiger partial charge on any atom is -0.450 e. The summed E-state index contributed by atoms with van der Waals surface area (Å²) in [5, 5.41) is 3.56. The third-order valence-electron chi connectivity index (χ3n) is 3.88. The summed E-state index contributed by atoms with van der Waals surface area (Å²) in [6.07, 6.45) is 0. The second-order valence-electron chi connectivity index (χ2n) is 6.06. The molecule has 1 N–H and O–H groups in total. The van der Waals surface area contributed by atoms with E-state index in [1.165, 1.54) is 0 Å². The van der Waals surface area contributed by atoms with Crippen LogP contribution in [0.4, 0.5) is 5.69 Å². The van der Waals surface area contributed by atoms with Gasteiger partial charge in [-0.3, -0.25) is 9.59 Å². The zero-order valence-electron chi connectivity index (χ0n) is 14.7. The van der Waals surface area contributed by atoms with Crippen molar-refractivity contribution >= 4 is 40.1 Å². The van der Waals surface area contributed by atoms with Crippen molar-refractivity contribution in [3.63, 3.8) is 0 Å². The first-order chi connectivity index (χ1) is 12.8. The highest BCUT2D eigenvalue weighted by molar-refractivity contribution is 6.30. The fourth-order valence-electron chi connectivity index (χ4n) is 2.53. The summed E-state index contributed by atoms with van der Waals surface area (Å²) in [6.45, 7) is 3.12. The summed E-state index contributed by atoms with van der Waals surface area (Å²) >= 11 is 5.87. The van der Waals surface area contributed by atoms with Gasteiger partial charge in [-0.2, -0.15) is 0 Å². The summed E-state index contributed by atoms with van der Waals surface area (Å²) < 4.78 is 10.4. The number of hydrogen-bond acceptors (Lipinski definition) is 5. The third-order valence-corrected chi connectivity index (χ3v) is 4.12. The van der Waals surface area contributed by atoms with Crippen LogP contribution in [0, 0.1) is 13.8 Å². The summed E-state index contributed by atoms with van der Waals surface area (Å²) in [6, 6.07) is 11.1. The van der Waals surface area contributed by atoms with Crippen molar-refractivity contribution in [2.45, 2.75) is 13.8 Å². The quantitative estimate of drug-likeness (QED) is 0.689. The molecule has 1 heterocycles. The fourth-order valence-corrected chi connectivity index (χ4v) is 2.75. The molecule has 0 atom stereocenters. The topological polar surface area (TPSA) is 85.6 Å². The molecule has 1 aromatic heterocycles. The largest absolute Gasteiger partial charge is 0.450 e. The molecule has 0 aliphatic heterocycles. The molecule has 0 aliphatic carbocycles. The first-order valence-corrected chi connectivity index (χ1v) is 8.49. The normalized spacial score (nSPS) is 10.6. The highest BCUT2D eigenvalue weighted by atomic mass is 35.5. The van der Waals surface area contributed by atoms with E-state index >= 15 is 0 Å². The molecule has 27 heavy (non-hydrogen) atoms. The van der Waals surface area contributed by atoms with E-state index in [1.54, 1.807) is 43.3 Å². The predicted molar refractivity (Wildman–Crippen MR) is 102 cm³/mol. The van der Waals surface area contributed by atoms with Crippen LogP contribution in [0.1, 0.15) is 21.7 Å². The number of amides is 1. The van der Waals surface area contributed by atoms with Crippen LogP contribution < -0.4 is 10.7 Å². The average molecular weight is 386 g/mol. The molecule has 0 bridgehead atoms. The molecular weight excluding hydrogens is 370 g/mol. The number of benzene rings is 2. The number of ether oxygens (including phenoxy) is 1. The number of rotatable bonds is 4. The van der Waals surface area contributed by atoms with Gasteiger partial charge in [0.2, 0.25) is 5.76 Å². The molecule has 3 rings (SSSR count). The second kappa shape index (κ2) is 7.63. The second-order valence-corrected chi connectivity index (χ2v) is 6.49. The molecular formula is C20H16ClNO5. The average Bonchev–Trinajstić information content (AvgIpc) is 2.62. The Morgan fingerprint density at radius 3 is 2.63 bits per heavy atom. The molecule has 0 radical (unpaired) electrons. The van der Waals surface area contributed by atoms with Crippen LogP contribution in [0.25, 0.3) is 11.0 Å². The maximum atomic E-state index is 12.1. The number of hydrogen-bond donors (Lipinski definition) is 1. The Balaban J connectivity index is 1.68. The molecule has 1 amide bonds. The van der Waals surface area contributed by atoms with Crippen LogP contribution in [0.5, 0.6) is 0 Å². The number of carbonyl (C=O) groups excluding carboxylic acids is 2. The van der Waals surface area contributed by atoms with Gasteiger partial charge in [-0.1, -0.05) is 23.2 Å². The zero-order chi connectivity index (χ0) is 19.6. The maximum Gasteiger partial charge on any atom is 0.374 e. The van der Waals surface area contributed by atoms with Crippen molar-refractivity contribution in [1.29, 1.82) is 0 Å². The molecule has 2 aromatic carbocycles. The first-order valence-electron chi connectivity index (χ1n) is 8.11. The van der Waals surface area contributed by atoms with E-state index in [0.717, 1.165) is 17.2 Å². The Bertz CT molecular complexity index is 1100. The minimum absolute atomic E-state index is 0.258. The van der Waals surface area contributed by atoms with E-state index in [-0.39, 0.29) is 16.8 Å². The number of fused-ring (bicyclic) bond motifs is 1. The van der Waals surface area contributed by atoms with Gasteiger partial charge in [-0.25, -0.2) is 4.79 Å². The first kappa shape index (κ1) is 18.7. The molecule has 3 aromatic rings. The Kier molecular flexibility index (Phi) is 5.28. The zero-order valence-corrected chi connectivity index (χ0v) is 15.4. The number of halogens is 1. The van der Waals surface area contributed by atoms with Gasteiger partial charge in [0.25, 0.3) is 5.91 Å². The highest BCUT2D eigenvalue weighted by Gasteiger charge is 2.16. The molecule has 0 fully saturated rings. The maximum absolute atomic E-state index is 12.1. The molecule has 6 nitrogen and oxygen atoms in total. The Morgan fingerprint density at radius 1 is 1.11 bits per heavy atom. The molecule has 0 spiro atoms. The van der Waals surface area contributed by atoms with Gasteiger partial charge in [-0.15, -0.1) is 0 Å². The van der Waals surface area contributed by atoms with Crippen LogP contribution in [0.15, 0.2) is 51.7 Å². The van der Waals surface area contributed by atoms with Gasteiger partial charge in [0, 0.05) is 16.8 Å². The SMILES string of the molecule is Cc1ccc2oc(C(=O)OCC(=O)Nc3ccc(Cl)cc3C)cc(=O)c2c1. The predicted octanol–water partition coefficient (Wildman–Crippen LogP) is 3.86. The van der Waals surface area contributed by atoms with Gasteiger partial charge < -0.3 is 14.5 Å².